The van der Waals surface area contributed by atoms with E-state index in [9.17, 15) is 13.6 Å². The zero-order valence-corrected chi connectivity index (χ0v) is 15.4. The molecule has 2 aromatic rings. The summed E-state index contributed by atoms with van der Waals surface area (Å²) >= 11 is 0. The van der Waals surface area contributed by atoms with E-state index in [1.165, 1.54) is 29.2 Å². The lowest BCUT2D eigenvalue weighted by Crippen LogP contribution is -2.54. The average molecular weight is 373 g/mol. The number of anilines is 1. The molecule has 2 N–H and O–H groups in total. The Morgan fingerprint density at radius 3 is 2.56 bits per heavy atom. The number of hydrogen-bond acceptors (Lipinski definition) is 2. The Balaban J connectivity index is 1.50. The van der Waals surface area contributed by atoms with Crippen LogP contribution in [0.4, 0.5) is 19.3 Å². The highest BCUT2D eigenvalue weighted by atomic mass is 19.1. The molecule has 1 fully saturated rings. The molecule has 144 valence electrons. The summed E-state index contributed by atoms with van der Waals surface area (Å²) in [5, 5.41) is 6.35. The Morgan fingerprint density at radius 1 is 1.15 bits per heavy atom. The summed E-state index contributed by atoms with van der Waals surface area (Å²) in [4.78, 5) is 14.1. The molecule has 2 amide bonds. The second-order valence-electron chi connectivity index (χ2n) is 6.91. The standard InChI is InChI=1S/C21H25F2N3O/c1-2-26(19-5-3-4-18(23)13-19)21(27)25-20-11-8-16(14-24-20)12-15-6-9-17(22)10-7-15/h3-7,9-10,13,16,20,24H,2,8,11-12,14H2,1H3,(H,25,27). The topological polar surface area (TPSA) is 44.4 Å². The minimum atomic E-state index is -0.363. The summed E-state index contributed by atoms with van der Waals surface area (Å²) in [5.74, 6) is -0.130. The minimum absolute atomic E-state index is 0.107. The highest BCUT2D eigenvalue weighted by molar-refractivity contribution is 5.92. The van der Waals surface area contributed by atoms with Crippen LogP contribution < -0.4 is 15.5 Å². The van der Waals surface area contributed by atoms with Crippen molar-refractivity contribution < 1.29 is 13.6 Å². The number of piperidine rings is 1. The van der Waals surface area contributed by atoms with Crippen LogP contribution >= 0.6 is 0 Å². The first-order chi connectivity index (χ1) is 13.0. The molecule has 4 nitrogen and oxygen atoms in total. The maximum absolute atomic E-state index is 13.4. The van der Waals surface area contributed by atoms with Gasteiger partial charge in [-0.1, -0.05) is 18.2 Å². The number of carbonyl (C=O) groups is 1. The van der Waals surface area contributed by atoms with Gasteiger partial charge >= 0.3 is 6.03 Å². The summed E-state index contributed by atoms with van der Waals surface area (Å²) in [7, 11) is 0. The molecular weight excluding hydrogens is 348 g/mol. The highest BCUT2D eigenvalue weighted by Gasteiger charge is 2.24. The number of benzene rings is 2. The van der Waals surface area contributed by atoms with Crippen molar-refractivity contribution in [3.63, 3.8) is 0 Å². The Labute approximate surface area is 158 Å². The van der Waals surface area contributed by atoms with Gasteiger partial charge in [-0.15, -0.1) is 0 Å². The first-order valence-electron chi connectivity index (χ1n) is 9.36. The fraction of sp³-hybridized carbons (Fsp3) is 0.381. The van der Waals surface area contributed by atoms with Crippen LogP contribution in [-0.2, 0) is 6.42 Å². The van der Waals surface area contributed by atoms with Gasteiger partial charge < -0.3 is 5.32 Å². The van der Waals surface area contributed by atoms with E-state index < -0.39 is 0 Å². The summed E-state index contributed by atoms with van der Waals surface area (Å²) < 4.78 is 26.4. The molecule has 0 radical (unpaired) electrons. The lowest BCUT2D eigenvalue weighted by atomic mass is 9.91. The van der Waals surface area contributed by atoms with Gasteiger partial charge in [-0.05, 0) is 68.0 Å². The Kier molecular flexibility index (Phi) is 6.40. The third kappa shape index (κ3) is 5.26. The molecule has 6 heteroatoms. The number of nitrogens with zero attached hydrogens (tertiary/aromatic N) is 1. The van der Waals surface area contributed by atoms with Crippen molar-refractivity contribution in [2.24, 2.45) is 5.92 Å². The summed E-state index contributed by atoms with van der Waals surface area (Å²) in [6.45, 7) is 3.10. The maximum atomic E-state index is 13.4. The van der Waals surface area contributed by atoms with Gasteiger partial charge in [0, 0.05) is 18.8 Å². The molecule has 1 heterocycles. The number of halogens is 2. The zero-order chi connectivity index (χ0) is 19.2. The van der Waals surface area contributed by atoms with Crippen molar-refractivity contribution in [1.29, 1.82) is 0 Å². The number of nitrogens with one attached hydrogen (secondary N) is 2. The lowest BCUT2D eigenvalue weighted by Gasteiger charge is -2.32. The van der Waals surface area contributed by atoms with Crippen LogP contribution in [0.15, 0.2) is 48.5 Å². The van der Waals surface area contributed by atoms with Crippen molar-refractivity contribution in [1.82, 2.24) is 10.6 Å². The summed E-state index contributed by atoms with van der Waals surface area (Å²) in [6.07, 6.45) is 2.57. The predicted octanol–water partition coefficient (Wildman–Crippen LogP) is 4.07. The molecule has 2 unspecified atom stereocenters. The fourth-order valence-corrected chi connectivity index (χ4v) is 3.48. The van der Waals surface area contributed by atoms with E-state index in [0.717, 1.165) is 31.4 Å². The van der Waals surface area contributed by atoms with E-state index >= 15 is 0 Å². The van der Waals surface area contributed by atoms with E-state index in [1.807, 2.05) is 19.1 Å². The van der Waals surface area contributed by atoms with Crippen LogP contribution in [0.2, 0.25) is 0 Å². The zero-order valence-electron chi connectivity index (χ0n) is 15.4. The van der Waals surface area contributed by atoms with Crippen LogP contribution in [-0.4, -0.2) is 25.3 Å². The van der Waals surface area contributed by atoms with Gasteiger partial charge in [0.15, 0.2) is 0 Å². The van der Waals surface area contributed by atoms with Gasteiger partial charge in [-0.25, -0.2) is 13.6 Å². The van der Waals surface area contributed by atoms with Crippen molar-refractivity contribution in [2.45, 2.75) is 32.4 Å². The SMILES string of the molecule is CCN(C(=O)NC1CCC(Cc2ccc(F)cc2)CN1)c1cccc(F)c1. The minimum Gasteiger partial charge on any atom is -0.322 e. The van der Waals surface area contributed by atoms with E-state index in [2.05, 4.69) is 10.6 Å². The highest BCUT2D eigenvalue weighted by Crippen LogP contribution is 2.20. The van der Waals surface area contributed by atoms with Crippen molar-refractivity contribution in [2.75, 3.05) is 18.0 Å². The largest absolute Gasteiger partial charge is 0.323 e. The second kappa shape index (κ2) is 8.95. The normalized spacial score (nSPS) is 19.5. The molecule has 0 aliphatic carbocycles. The number of hydrogen-bond donors (Lipinski definition) is 2. The Hall–Kier alpha value is -2.47. The number of urea groups is 1. The van der Waals surface area contributed by atoms with Crippen LogP contribution in [0.5, 0.6) is 0 Å². The van der Waals surface area contributed by atoms with Crippen molar-refractivity contribution in [3.05, 3.63) is 65.7 Å². The van der Waals surface area contributed by atoms with Crippen molar-refractivity contribution in [3.8, 4) is 0 Å². The first kappa shape index (κ1) is 19.3. The van der Waals surface area contributed by atoms with Gasteiger partial charge in [-0.3, -0.25) is 10.2 Å². The van der Waals surface area contributed by atoms with Crippen LogP contribution in [0, 0.1) is 17.6 Å². The molecule has 3 rings (SSSR count). The molecule has 0 aromatic heterocycles. The number of carbonyl (C=O) groups excluding carboxylic acids is 1. The van der Waals surface area contributed by atoms with Crippen LogP contribution in [0.1, 0.15) is 25.3 Å². The fourth-order valence-electron chi connectivity index (χ4n) is 3.48. The van der Waals surface area contributed by atoms with Crippen LogP contribution in [0.25, 0.3) is 0 Å². The molecule has 1 aliphatic heterocycles. The third-order valence-electron chi connectivity index (χ3n) is 4.93. The summed E-state index contributed by atoms with van der Waals surface area (Å²) in [5.41, 5.74) is 1.66. The third-order valence-corrected chi connectivity index (χ3v) is 4.93. The molecule has 2 aromatic carbocycles. The van der Waals surface area contributed by atoms with Gasteiger partial charge in [0.1, 0.15) is 11.6 Å². The van der Waals surface area contributed by atoms with E-state index in [-0.39, 0.29) is 23.8 Å². The van der Waals surface area contributed by atoms with E-state index in [0.29, 0.717) is 18.2 Å². The van der Waals surface area contributed by atoms with E-state index in [4.69, 9.17) is 0 Å². The smallest absolute Gasteiger partial charge is 0.322 e. The Morgan fingerprint density at radius 2 is 1.93 bits per heavy atom. The number of rotatable bonds is 5. The number of amides is 2. The Bertz CT molecular complexity index is 758. The molecule has 0 saturated carbocycles. The van der Waals surface area contributed by atoms with Gasteiger partial charge in [0.2, 0.25) is 0 Å². The average Bonchev–Trinajstić information content (AvgIpc) is 2.66. The second-order valence-corrected chi connectivity index (χ2v) is 6.91. The molecule has 0 bridgehead atoms. The molecule has 1 aliphatic rings. The lowest BCUT2D eigenvalue weighted by molar-refractivity contribution is 0.228. The molecule has 1 saturated heterocycles. The molecule has 27 heavy (non-hydrogen) atoms. The maximum Gasteiger partial charge on any atom is 0.323 e. The van der Waals surface area contributed by atoms with Gasteiger partial charge in [0.25, 0.3) is 0 Å². The van der Waals surface area contributed by atoms with Gasteiger partial charge in [0.05, 0.1) is 6.17 Å². The van der Waals surface area contributed by atoms with E-state index in [1.54, 1.807) is 12.1 Å². The quantitative estimate of drug-likeness (QED) is 0.830. The molecule has 2 atom stereocenters. The summed E-state index contributed by atoms with van der Waals surface area (Å²) in [6, 6.07) is 12.4. The van der Waals surface area contributed by atoms with Crippen molar-refractivity contribution >= 4 is 11.7 Å². The first-order valence-corrected chi connectivity index (χ1v) is 9.36. The molecule has 0 spiro atoms. The monoisotopic (exact) mass is 373 g/mol. The van der Waals surface area contributed by atoms with Crippen LogP contribution in [0.3, 0.4) is 0 Å². The predicted molar refractivity (Wildman–Crippen MR) is 103 cm³/mol. The molecular formula is C21H25F2N3O. The van der Waals surface area contributed by atoms with Gasteiger partial charge in [-0.2, -0.15) is 0 Å².